The quantitative estimate of drug-likeness (QED) is 0.816. The summed E-state index contributed by atoms with van der Waals surface area (Å²) in [5, 5.41) is 3.28. The van der Waals surface area contributed by atoms with E-state index in [0.29, 0.717) is 12.5 Å². The summed E-state index contributed by atoms with van der Waals surface area (Å²) in [4.78, 5) is 16.3. The molecule has 110 valence electrons. The normalized spacial score (nSPS) is 21.9. The highest BCUT2D eigenvalue weighted by atomic mass is 16.2. The van der Waals surface area contributed by atoms with E-state index in [1.165, 1.54) is 38.5 Å². The molecule has 1 N–H and O–H groups in total. The third kappa shape index (κ3) is 5.11. The maximum Gasteiger partial charge on any atom is 0.236 e. The van der Waals surface area contributed by atoms with Crippen molar-refractivity contribution in [3.63, 3.8) is 0 Å². The minimum absolute atomic E-state index is 0.299. The number of nitrogens with zero attached hydrogens (tertiary/aromatic N) is 2. The molecule has 4 heteroatoms. The molecule has 0 aromatic carbocycles. The first-order valence-corrected chi connectivity index (χ1v) is 7.93. The second-order valence-electron chi connectivity index (χ2n) is 6.16. The second kappa shape index (κ2) is 7.85. The number of hydrogen-bond donors (Lipinski definition) is 1. The second-order valence-corrected chi connectivity index (χ2v) is 6.16. The van der Waals surface area contributed by atoms with Crippen LogP contribution in [0, 0.1) is 5.92 Å². The number of piperazine rings is 1. The van der Waals surface area contributed by atoms with Gasteiger partial charge in [0.15, 0.2) is 0 Å². The fourth-order valence-corrected chi connectivity index (χ4v) is 3.20. The highest BCUT2D eigenvalue weighted by Crippen LogP contribution is 2.26. The molecule has 0 radical (unpaired) electrons. The summed E-state index contributed by atoms with van der Waals surface area (Å²) >= 11 is 0. The number of likely N-dealkylation sites (N-methyl/N-ethyl adjacent to an activating group) is 1. The van der Waals surface area contributed by atoms with Gasteiger partial charge in [0.2, 0.25) is 5.91 Å². The molecular formula is C15H29N3O. The summed E-state index contributed by atoms with van der Waals surface area (Å²) in [6, 6.07) is 0. The highest BCUT2D eigenvalue weighted by Gasteiger charge is 2.18. The van der Waals surface area contributed by atoms with Crippen molar-refractivity contribution in [1.82, 2.24) is 15.1 Å². The van der Waals surface area contributed by atoms with Crippen LogP contribution in [-0.2, 0) is 4.79 Å². The molecule has 1 amide bonds. The van der Waals surface area contributed by atoms with Crippen molar-refractivity contribution < 1.29 is 4.79 Å². The average molecular weight is 267 g/mol. The molecule has 0 aromatic rings. The van der Waals surface area contributed by atoms with E-state index < -0.39 is 0 Å². The first kappa shape index (κ1) is 14.8. The molecule has 1 aliphatic heterocycles. The zero-order valence-corrected chi connectivity index (χ0v) is 12.4. The Bertz CT molecular complexity index is 271. The van der Waals surface area contributed by atoms with Gasteiger partial charge in [-0.1, -0.05) is 32.1 Å². The van der Waals surface area contributed by atoms with Crippen molar-refractivity contribution in [3.8, 4) is 0 Å². The standard InChI is InChI=1S/C15H29N3O/c1-17(10-7-14-5-3-2-4-6-14)13-15(19)18-11-8-16-9-12-18/h14,16H,2-13H2,1H3. The molecule has 1 aliphatic carbocycles. The molecule has 19 heavy (non-hydrogen) atoms. The van der Waals surface area contributed by atoms with Gasteiger partial charge in [-0.25, -0.2) is 0 Å². The topological polar surface area (TPSA) is 35.6 Å². The largest absolute Gasteiger partial charge is 0.339 e. The Hall–Kier alpha value is -0.610. The van der Waals surface area contributed by atoms with E-state index in [0.717, 1.165) is 38.6 Å². The lowest BCUT2D eigenvalue weighted by molar-refractivity contribution is -0.132. The fraction of sp³-hybridized carbons (Fsp3) is 0.933. The maximum atomic E-state index is 12.1. The number of nitrogens with one attached hydrogen (secondary N) is 1. The molecule has 0 aromatic heterocycles. The SMILES string of the molecule is CN(CCC1CCCCC1)CC(=O)N1CCNCC1. The Morgan fingerprint density at radius 2 is 1.89 bits per heavy atom. The van der Waals surface area contributed by atoms with E-state index in [9.17, 15) is 4.79 Å². The van der Waals surface area contributed by atoms with Gasteiger partial charge in [0, 0.05) is 26.2 Å². The predicted octanol–water partition coefficient (Wildman–Crippen LogP) is 1.32. The van der Waals surface area contributed by atoms with E-state index in [-0.39, 0.29) is 0 Å². The monoisotopic (exact) mass is 267 g/mol. The van der Waals surface area contributed by atoms with Crippen molar-refractivity contribution in [1.29, 1.82) is 0 Å². The van der Waals surface area contributed by atoms with Gasteiger partial charge in [0.05, 0.1) is 6.54 Å². The summed E-state index contributed by atoms with van der Waals surface area (Å²) in [5.41, 5.74) is 0. The van der Waals surface area contributed by atoms with Crippen molar-refractivity contribution in [2.45, 2.75) is 38.5 Å². The Labute approximate surface area is 117 Å². The Morgan fingerprint density at radius 1 is 1.21 bits per heavy atom. The summed E-state index contributed by atoms with van der Waals surface area (Å²) in [6.07, 6.45) is 8.32. The minimum atomic E-state index is 0.299. The molecule has 1 heterocycles. The van der Waals surface area contributed by atoms with Gasteiger partial charge in [-0.3, -0.25) is 9.69 Å². The molecule has 0 spiro atoms. The van der Waals surface area contributed by atoms with Gasteiger partial charge in [-0.15, -0.1) is 0 Å². The first-order chi connectivity index (χ1) is 9.25. The zero-order chi connectivity index (χ0) is 13.5. The van der Waals surface area contributed by atoms with Crippen molar-refractivity contribution in [3.05, 3.63) is 0 Å². The van der Waals surface area contributed by atoms with Crippen molar-refractivity contribution >= 4 is 5.91 Å². The van der Waals surface area contributed by atoms with Gasteiger partial charge in [0.25, 0.3) is 0 Å². The van der Waals surface area contributed by atoms with Crippen LogP contribution in [-0.4, -0.2) is 62.0 Å². The Kier molecular flexibility index (Phi) is 6.11. The maximum absolute atomic E-state index is 12.1. The van der Waals surface area contributed by atoms with Gasteiger partial charge in [-0.05, 0) is 25.9 Å². The van der Waals surface area contributed by atoms with E-state index in [4.69, 9.17) is 0 Å². The molecule has 1 saturated carbocycles. The molecule has 0 unspecified atom stereocenters. The van der Waals surface area contributed by atoms with Gasteiger partial charge < -0.3 is 10.2 Å². The molecule has 4 nitrogen and oxygen atoms in total. The van der Waals surface area contributed by atoms with Crippen LogP contribution in [0.2, 0.25) is 0 Å². The van der Waals surface area contributed by atoms with Gasteiger partial charge in [-0.2, -0.15) is 0 Å². The van der Waals surface area contributed by atoms with Crippen LogP contribution in [0.5, 0.6) is 0 Å². The number of carbonyl (C=O) groups excluding carboxylic acids is 1. The molecular weight excluding hydrogens is 238 g/mol. The van der Waals surface area contributed by atoms with E-state index >= 15 is 0 Å². The lowest BCUT2D eigenvalue weighted by Gasteiger charge is -2.30. The molecule has 1 saturated heterocycles. The summed E-state index contributed by atoms with van der Waals surface area (Å²) in [7, 11) is 2.09. The molecule has 2 aliphatic rings. The number of rotatable bonds is 5. The van der Waals surface area contributed by atoms with Crippen LogP contribution in [0.4, 0.5) is 0 Å². The van der Waals surface area contributed by atoms with Crippen LogP contribution in [0.3, 0.4) is 0 Å². The van der Waals surface area contributed by atoms with Crippen LogP contribution >= 0.6 is 0 Å². The predicted molar refractivity (Wildman–Crippen MR) is 78.1 cm³/mol. The van der Waals surface area contributed by atoms with Crippen LogP contribution in [0.15, 0.2) is 0 Å². The lowest BCUT2D eigenvalue weighted by Crippen LogP contribution is -2.49. The van der Waals surface area contributed by atoms with Crippen LogP contribution < -0.4 is 5.32 Å². The summed E-state index contributed by atoms with van der Waals surface area (Å²) < 4.78 is 0. The van der Waals surface area contributed by atoms with Crippen molar-refractivity contribution in [2.24, 2.45) is 5.92 Å². The number of carbonyl (C=O) groups is 1. The van der Waals surface area contributed by atoms with Crippen LogP contribution in [0.1, 0.15) is 38.5 Å². The zero-order valence-electron chi connectivity index (χ0n) is 12.4. The number of hydrogen-bond acceptors (Lipinski definition) is 3. The first-order valence-electron chi connectivity index (χ1n) is 7.93. The third-order valence-corrected chi connectivity index (χ3v) is 4.52. The van der Waals surface area contributed by atoms with Crippen LogP contribution in [0.25, 0.3) is 0 Å². The fourth-order valence-electron chi connectivity index (χ4n) is 3.20. The van der Waals surface area contributed by atoms with Gasteiger partial charge >= 0.3 is 0 Å². The Morgan fingerprint density at radius 3 is 2.58 bits per heavy atom. The van der Waals surface area contributed by atoms with E-state index in [2.05, 4.69) is 17.3 Å². The van der Waals surface area contributed by atoms with E-state index in [1.807, 2.05) is 4.90 Å². The third-order valence-electron chi connectivity index (χ3n) is 4.52. The average Bonchev–Trinajstić information content (AvgIpc) is 2.47. The summed E-state index contributed by atoms with van der Waals surface area (Å²) in [5.74, 6) is 1.21. The smallest absolute Gasteiger partial charge is 0.236 e. The van der Waals surface area contributed by atoms with E-state index in [1.54, 1.807) is 0 Å². The molecule has 2 fully saturated rings. The highest BCUT2D eigenvalue weighted by molar-refractivity contribution is 5.78. The molecule has 0 atom stereocenters. The summed E-state index contributed by atoms with van der Waals surface area (Å²) in [6.45, 7) is 5.29. The van der Waals surface area contributed by atoms with Crippen molar-refractivity contribution in [2.75, 3.05) is 46.3 Å². The lowest BCUT2D eigenvalue weighted by atomic mass is 9.87. The molecule has 2 rings (SSSR count). The molecule has 0 bridgehead atoms. The minimum Gasteiger partial charge on any atom is -0.339 e. The Balaban J connectivity index is 1.62. The van der Waals surface area contributed by atoms with Gasteiger partial charge in [0.1, 0.15) is 0 Å². The number of amides is 1.